The molecule has 1 atom stereocenters. The Balaban J connectivity index is 1.72. The number of nitriles is 1. The molecule has 1 aliphatic heterocycles. The first-order valence-corrected chi connectivity index (χ1v) is 8.52. The Bertz CT molecular complexity index is 840. The fourth-order valence-corrected chi connectivity index (χ4v) is 3.33. The van der Waals surface area contributed by atoms with Crippen LogP contribution in [0.5, 0.6) is 0 Å². The minimum absolute atomic E-state index is 0.0682. The second-order valence-electron chi connectivity index (χ2n) is 5.98. The second-order valence-corrected chi connectivity index (χ2v) is 6.39. The van der Waals surface area contributed by atoms with E-state index in [1.807, 2.05) is 4.90 Å². The highest BCUT2D eigenvalue weighted by molar-refractivity contribution is 6.33. The van der Waals surface area contributed by atoms with Gasteiger partial charge < -0.3 is 4.90 Å². The number of piperazine rings is 1. The van der Waals surface area contributed by atoms with Crippen LogP contribution in [0.2, 0.25) is 5.02 Å². The number of hydrogen-bond donors (Lipinski definition) is 0. The average Bonchev–Trinajstić information content (AvgIpc) is 2.64. The topological polar surface area (TPSA) is 47.3 Å². The summed E-state index contributed by atoms with van der Waals surface area (Å²) in [4.78, 5) is 15.9. The molecule has 0 aliphatic carbocycles. The third-order valence-electron chi connectivity index (χ3n) is 4.47. The number of carbonyl (C=O) groups excluding carboxylic acids is 1. The first kappa shape index (κ1) is 18.3. The van der Waals surface area contributed by atoms with Crippen LogP contribution in [0.1, 0.15) is 22.0 Å². The Labute approximate surface area is 155 Å². The fraction of sp³-hybridized carbons (Fsp3) is 0.263. The lowest BCUT2D eigenvalue weighted by Gasteiger charge is -2.37. The number of hydrogen-bond acceptors (Lipinski definition) is 3. The quantitative estimate of drug-likeness (QED) is 0.822. The minimum Gasteiger partial charge on any atom is -0.336 e. The van der Waals surface area contributed by atoms with Crippen LogP contribution in [0.15, 0.2) is 42.5 Å². The molecular weight excluding hydrogens is 360 g/mol. The van der Waals surface area contributed by atoms with E-state index in [0.29, 0.717) is 31.7 Å². The number of nitrogens with zero attached hydrogens (tertiary/aromatic N) is 3. The molecule has 3 rings (SSSR count). The van der Waals surface area contributed by atoms with E-state index in [9.17, 15) is 18.8 Å². The summed E-state index contributed by atoms with van der Waals surface area (Å²) in [5.74, 6) is -1.57. The standard InChI is InChI=1S/C19H16ClF2N3O/c20-14-5-3-7-16(22)18(14)19(26)25-10-8-24(9-11-25)17(12-23)13-4-1-2-6-15(13)21/h1-7,17H,8-11H2. The first-order valence-electron chi connectivity index (χ1n) is 8.14. The summed E-state index contributed by atoms with van der Waals surface area (Å²) >= 11 is 5.96. The lowest BCUT2D eigenvalue weighted by molar-refractivity contribution is 0.0600. The van der Waals surface area contributed by atoms with Gasteiger partial charge in [0.1, 0.15) is 17.7 Å². The van der Waals surface area contributed by atoms with Gasteiger partial charge in [-0.25, -0.2) is 8.78 Å². The smallest absolute Gasteiger partial charge is 0.258 e. The molecule has 0 radical (unpaired) electrons. The van der Waals surface area contributed by atoms with E-state index < -0.39 is 23.6 Å². The summed E-state index contributed by atoms with van der Waals surface area (Å²) in [6.07, 6.45) is 0. The summed E-state index contributed by atoms with van der Waals surface area (Å²) in [6, 6.07) is 11.7. The molecule has 2 aromatic carbocycles. The maximum atomic E-state index is 14.0. The predicted molar refractivity (Wildman–Crippen MR) is 93.6 cm³/mol. The maximum Gasteiger partial charge on any atom is 0.258 e. The lowest BCUT2D eigenvalue weighted by Crippen LogP contribution is -2.49. The van der Waals surface area contributed by atoms with Gasteiger partial charge in [0.25, 0.3) is 5.91 Å². The number of rotatable bonds is 3. The van der Waals surface area contributed by atoms with Crippen LogP contribution in [-0.2, 0) is 0 Å². The van der Waals surface area contributed by atoms with Gasteiger partial charge in [0.05, 0.1) is 16.7 Å². The van der Waals surface area contributed by atoms with Crippen molar-refractivity contribution in [2.45, 2.75) is 6.04 Å². The van der Waals surface area contributed by atoms with Crippen LogP contribution < -0.4 is 0 Å². The first-order chi connectivity index (χ1) is 12.5. The molecule has 7 heteroatoms. The number of benzene rings is 2. The van der Waals surface area contributed by atoms with Crippen LogP contribution in [0.3, 0.4) is 0 Å². The van der Waals surface area contributed by atoms with Crippen molar-refractivity contribution in [3.05, 3.63) is 70.2 Å². The van der Waals surface area contributed by atoms with Crippen LogP contribution in [0, 0.1) is 23.0 Å². The molecule has 1 amide bonds. The van der Waals surface area contributed by atoms with Gasteiger partial charge in [-0.1, -0.05) is 35.9 Å². The summed E-state index contributed by atoms with van der Waals surface area (Å²) in [7, 11) is 0. The van der Waals surface area contributed by atoms with Gasteiger partial charge in [-0.15, -0.1) is 0 Å². The normalized spacial score (nSPS) is 16.2. The van der Waals surface area contributed by atoms with E-state index in [0.717, 1.165) is 0 Å². The molecule has 1 aliphatic rings. The Morgan fingerprint density at radius 1 is 1.04 bits per heavy atom. The number of halogens is 3. The van der Waals surface area contributed by atoms with Crippen molar-refractivity contribution in [3.8, 4) is 6.07 Å². The fourth-order valence-electron chi connectivity index (χ4n) is 3.09. The van der Waals surface area contributed by atoms with E-state index in [1.165, 1.54) is 29.2 Å². The van der Waals surface area contributed by atoms with Crippen LogP contribution in [0.25, 0.3) is 0 Å². The molecule has 2 aromatic rings. The Hall–Kier alpha value is -2.49. The van der Waals surface area contributed by atoms with Crippen molar-refractivity contribution in [1.82, 2.24) is 9.80 Å². The molecule has 26 heavy (non-hydrogen) atoms. The third-order valence-corrected chi connectivity index (χ3v) is 4.78. The van der Waals surface area contributed by atoms with E-state index in [1.54, 1.807) is 18.2 Å². The van der Waals surface area contributed by atoms with Gasteiger partial charge in [-0.3, -0.25) is 9.69 Å². The highest BCUT2D eigenvalue weighted by Gasteiger charge is 2.30. The maximum absolute atomic E-state index is 14.0. The molecule has 1 saturated heterocycles. The summed E-state index contributed by atoms with van der Waals surface area (Å²) in [5, 5.41) is 9.54. The van der Waals surface area contributed by atoms with Gasteiger partial charge in [0.2, 0.25) is 0 Å². The van der Waals surface area contributed by atoms with Crippen molar-refractivity contribution in [1.29, 1.82) is 5.26 Å². The predicted octanol–water partition coefficient (Wildman–Crippen LogP) is 3.64. The molecule has 1 unspecified atom stereocenters. The van der Waals surface area contributed by atoms with E-state index >= 15 is 0 Å². The molecule has 4 nitrogen and oxygen atoms in total. The highest BCUT2D eigenvalue weighted by Crippen LogP contribution is 2.26. The monoisotopic (exact) mass is 375 g/mol. The lowest BCUT2D eigenvalue weighted by atomic mass is 10.0. The SMILES string of the molecule is N#CC(c1ccccc1F)N1CCN(C(=O)c2c(F)cccc2Cl)CC1. The zero-order valence-electron chi connectivity index (χ0n) is 13.8. The average molecular weight is 376 g/mol. The largest absolute Gasteiger partial charge is 0.336 e. The Morgan fingerprint density at radius 3 is 2.31 bits per heavy atom. The summed E-state index contributed by atoms with van der Waals surface area (Å²) in [5.41, 5.74) is 0.167. The van der Waals surface area contributed by atoms with Crippen molar-refractivity contribution in [3.63, 3.8) is 0 Å². The zero-order chi connectivity index (χ0) is 18.7. The van der Waals surface area contributed by atoms with Crippen LogP contribution >= 0.6 is 11.6 Å². The van der Waals surface area contributed by atoms with Gasteiger partial charge in [-0.05, 0) is 18.2 Å². The van der Waals surface area contributed by atoms with Crippen molar-refractivity contribution in [2.24, 2.45) is 0 Å². The van der Waals surface area contributed by atoms with Crippen molar-refractivity contribution >= 4 is 17.5 Å². The van der Waals surface area contributed by atoms with E-state index in [-0.39, 0.29) is 10.6 Å². The van der Waals surface area contributed by atoms with Crippen LogP contribution in [0.4, 0.5) is 8.78 Å². The summed E-state index contributed by atoms with van der Waals surface area (Å²) in [6.45, 7) is 1.36. The highest BCUT2D eigenvalue weighted by atomic mass is 35.5. The molecule has 0 aromatic heterocycles. The molecule has 1 heterocycles. The zero-order valence-corrected chi connectivity index (χ0v) is 14.6. The van der Waals surface area contributed by atoms with Crippen LogP contribution in [-0.4, -0.2) is 41.9 Å². The molecule has 0 bridgehead atoms. The Morgan fingerprint density at radius 2 is 1.69 bits per heavy atom. The van der Waals surface area contributed by atoms with Gasteiger partial charge in [0, 0.05) is 31.7 Å². The molecule has 1 fully saturated rings. The molecule has 0 saturated carbocycles. The van der Waals surface area contributed by atoms with E-state index in [2.05, 4.69) is 6.07 Å². The molecule has 0 N–H and O–H groups in total. The number of carbonyl (C=O) groups is 1. The second kappa shape index (κ2) is 7.81. The molecule has 0 spiro atoms. The molecular formula is C19H16ClF2N3O. The molecule has 134 valence electrons. The third kappa shape index (κ3) is 3.55. The minimum atomic E-state index is -0.731. The van der Waals surface area contributed by atoms with E-state index in [4.69, 9.17) is 11.6 Å². The van der Waals surface area contributed by atoms with Gasteiger partial charge in [-0.2, -0.15) is 5.26 Å². The van der Waals surface area contributed by atoms with Gasteiger partial charge >= 0.3 is 0 Å². The summed E-state index contributed by atoms with van der Waals surface area (Å²) < 4.78 is 28.0. The number of amides is 1. The van der Waals surface area contributed by atoms with Gasteiger partial charge in [0.15, 0.2) is 0 Å². The Kier molecular flexibility index (Phi) is 5.50. The van der Waals surface area contributed by atoms with Crippen molar-refractivity contribution < 1.29 is 13.6 Å². The van der Waals surface area contributed by atoms with Crippen molar-refractivity contribution in [2.75, 3.05) is 26.2 Å².